The largest absolute Gasteiger partial charge is 0.494 e. The molecule has 114 valence electrons. The topological polar surface area (TPSA) is 63.2 Å². The molecule has 0 bridgehead atoms. The molecule has 5 nitrogen and oxygen atoms in total. The highest BCUT2D eigenvalue weighted by molar-refractivity contribution is 7.22. The van der Waals surface area contributed by atoms with E-state index in [1.807, 2.05) is 45.9 Å². The van der Waals surface area contributed by atoms with Gasteiger partial charge < -0.3 is 15.4 Å². The molecule has 21 heavy (non-hydrogen) atoms. The number of thiazole rings is 1. The Kier molecular flexibility index (Phi) is 4.67. The van der Waals surface area contributed by atoms with E-state index < -0.39 is 0 Å². The molecule has 1 amide bonds. The average Bonchev–Trinajstić information content (AvgIpc) is 2.77. The number of carbonyl (C=O) groups excluding carboxylic acids is 1. The summed E-state index contributed by atoms with van der Waals surface area (Å²) in [7, 11) is 0. The van der Waals surface area contributed by atoms with Crippen LogP contribution in [0.2, 0.25) is 0 Å². The van der Waals surface area contributed by atoms with Gasteiger partial charge in [-0.15, -0.1) is 0 Å². The molecule has 2 N–H and O–H groups in total. The van der Waals surface area contributed by atoms with Crippen molar-refractivity contribution in [3.05, 3.63) is 18.2 Å². The molecule has 0 aliphatic carbocycles. The van der Waals surface area contributed by atoms with Crippen molar-refractivity contribution >= 4 is 32.6 Å². The van der Waals surface area contributed by atoms with Crippen LogP contribution in [0.3, 0.4) is 0 Å². The molecule has 1 aromatic heterocycles. The van der Waals surface area contributed by atoms with Crippen LogP contribution >= 0.6 is 11.3 Å². The molecule has 0 saturated carbocycles. The van der Waals surface area contributed by atoms with Gasteiger partial charge in [-0.25, -0.2) is 4.98 Å². The zero-order chi connectivity index (χ0) is 15.5. The molecule has 6 heteroatoms. The van der Waals surface area contributed by atoms with Gasteiger partial charge in [-0.1, -0.05) is 11.3 Å². The van der Waals surface area contributed by atoms with Crippen molar-refractivity contribution in [3.8, 4) is 5.75 Å². The van der Waals surface area contributed by atoms with Crippen LogP contribution in [-0.2, 0) is 4.79 Å². The van der Waals surface area contributed by atoms with Gasteiger partial charge in [-0.2, -0.15) is 0 Å². The number of amides is 1. The molecular weight excluding hydrogens is 286 g/mol. The first kappa shape index (κ1) is 15.6. The van der Waals surface area contributed by atoms with E-state index in [-0.39, 0.29) is 18.0 Å². The molecule has 0 atom stereocenters. The van der Waals surface area contributed by atoms with Crippen LogP contribution in [-0.4, -0.2) is 29.6 Å². The maximum Gasteiger partial charge on any atom is 0.239 e. The predicted octanol–water partition coefficient (Wildman–Crippen LogP) is 3.02. The fourth-order valence-corrected chi connectivity index (χ4v) is 2.75. The second kappa shape index (κ2) is 6.30. The lowest BCUT2D eigenvalue weighted by Gasteiger charge is -2.20. The molecule has 0 aliphatic heterocycles. The summed E-state index contributed by atoms with van der Waals surface area (Å²) < 4.78 is 6.51. The summed E-state index contributed by atoms with van der Waals surface area (Å²) in [5.41, 5.74) is 0.681. The highest BCUT2D eigenvalue weighted by Gasteiger charge is 2.14. The molecule has 2 aromatic rings. The first-order chi connectivity index (χ1) is 9.87. The lowest BCUT2D eigenvalue weighted by atomic mass is 10.1. The van der Waals surface area contributed by atoms with Crippen molar-refractivity contribution in [3.63, 3.8) is 0 Å². The van der Waals surface area contributed by atoms with Gasteiger partial charge in [0.2, 0.25) is 5.91 Å². The number of aromatic nitrogens is 1. The Morgan fingerprint density at radius 2 is 2.14 bits per heavy atom. The third-order valence-electron chi connectivity index (χ3n) is 2.59. The first-order valence-electron chi connectivity index (χ1n) is 6.95. The van der Waals surface area contributed by atoms with E-state index in [2.05, 4.69) is 15.6 Å². The highest BCUT2D eigenvalue weighted by Crippen LogP contribution is 2.29. The van der Waals surface area contributed by atoms with Crippen molar-refractivity contribution in [2.24, 2.45) is 0 Å². The van der Waals surface area contributed by atoms with Crippen LogP contribution in [0.15, 0.2) is 18.2 Å². The molecule has 1 heterocycles. The second-order valence-electron chi connectivity index (χ2n) is 5.73. The number of rotatable bonds is 5. The summed E-state index contributed by atoms with van der Waals surface area (Å²) in [4.78, 5) is 16.2. The SMILES string of the molecule is CCOc1ccc2nc(NCC(=O)NC(C)(C)C)sc2c1. The zero-order valence-electron chi connectivity index (χ0n) is 12.8. The van der Waals surface area contributed by atoms with E-state index in [4.69, 9.17) is 4.74 Å². The van der Waals surface area contributed by atoms with Gasteiger partial charge in [0.1, 0.15) is 5.75 Å². The first-order valence-corrected chi connectivity index (χ1v) is 7.77. The number of hydrogen-bond acceptors (Lipinski definition) is 5. The van der Waals surface area contributed by atoms with Gasteiger partial charge in [0, 0.05) is 5.54 Å². The predicted molar refractivity (Wildman–Crippen MR) is 87.2 cm³/mol. The van der Waals surface area contributed by atoms with Crippen molar-refractivity contribution in [2.45, 2.75) is 33.2 Å². The average molecular weight is 307 g/mol. The molecular formula is C15H21N3O2S. The summed E-state index contributed by atoms with van der Waals surface area (Å²) in [6.45, 7) is 8.68. The highest BCUT2D eigenvalue weighted by atomic mass is 32.1. The second-order valence-corrected chi connectivity index (χ2v) is 6.76. The Balaban J connectivity index is 2.01. The number of hydrogen-bond donors (Lipinski definition) is 2. The molecule has 0 saturated heterocycles. The maximum absolute atomic E-state index is 11.8. The Morgan fingerprint density at radius 3 is 2.81 bits per heavy atom. The molecule has 2 rings (SSSR count). The van der Waals surface area contributed by atoms with Crippen LogP contribution in [0.1, 0.15) is 27.7 Å². The Labute approximate surface area is 128 Å². The number of ether oxygens (including phenoxy) is 1. The quantitative estimate of drug-likeness (QED) is 0.891. The normalized spacial score (nSPS) is 11.4. The fourth-order valence-electron chi connectivity index (χ4n) is 1.86. The van der Waals surface area contributed by atoms with Crippen LogP contribution < -0.4 is 15.4 Å². The minimum absolute atomic E-state index is 0.0447. The van der Waals surface area contributed by atoms with Crippen LogP contribution in [0.5, 0.6) is 5.75 Å². The smallest absolute Gasteiger partial charge is 0.239 e. The number of benzene rings is 1. The number of fused-ring (bicyclic) bond motifs is 1. The summed E-state index contributed by atoms with van der Waals surface area (Å²) in [6, 6.07) is 5.80. The molecule has 0 aliphatic rings. The Hall–Kier alpha value is -1.82. The van der Waals surface area contributed by atoms with Crippen LogP contribution in [0.25, 0.3) is 10.2 Å². The molecule has 0 spiro atoms. The lowest BCUT2D eigenvalue weighted by molar-refractivity contribution is -0.120. The van der Waals surface area contributed by atoms with E-state index in [0.717, 1.165) is 21.1 Å². The lowest BCUT2D eigenvalue weighted by Crippen LogP contribution is -2.43. The van der Waals surface area contributed by atoms with Crippen molar-refractivity contribution in [2.75, 3.05) is 18.5 Å². The van der Waals surface area contributed by atoms with E-state index >= 15 is 0 Å². The van der Waals surface area contributed by atoms with E-state index in [0.29, 0.717) is 6.61 Å². The third-order valence-corrected chi connectivity index (χ3v) is 3.56. The van der Waals surface area contributed by atoms with Gasteiger partial charge in [0.15, 0.2) is 5.13 Å². The van der Waals surface area contributed by atoms with E-state index in [9.17, 15) is 4.79 Å². The van der Waals surface area contributed by atoms with E-state index in [1.54, 1.807) is 0 Å². The zero-order valence-corrected chi connectivity index (χ0v) is 13.6. The van der Waals surface area contributed by atoms with Crippen molar-refractivity contribution in [1.82, 2.24) is 10.3 Å². The van der Waals surface area contributed by atoms with E-state index in [1.165, 1.54) is 11.3 Å². The number of nitrogens with one attached hydrogen (secondary N) is 2. The fraction of sp³-hybridized carbons (Fsp3) is 0.467. The minimum Gasteiger partial charge on any atom is -0.494 e. The number of anilines is 1. The standard InChI is InChI=1S/C15H21N3O2S/c1-5-20-10-6-7-11-12(8-10)21-14(17-11)16-9-13(19)18-15(2,3)4/h6-8H,5,9H2,1-4H3,(H,16,17)(H,18,19). The van der Waals surface area contributed by atoms with Gasteiger partial charge in [-0.05, 0) is 45.9 Å². The molecule has 0 radical (unpaired) electrons. The van der Waals surface area contributed by atoms with Gasteiger partial charge in [0.05, 0.1) is 23.4 Å². The summed E-state index contributed by atoms with van der Waals surface area (Å²) in [6.07, 6.45) is 0. The molecule has 1 aromatic carbocycles. The molecule has 0 fully saturated rings. The van der Waals surface area contributed by atoms with Gasteiger partial charge in [0.25, 0.3) is 0 Å². The van der Waals surface area contributed by atoms with Gasteiger partial charge >= 0.3 is 0 Å². The third kappa shape index (κ3) is 4.60. The number of carbonyl (C=O) groups is 1. The Bertz CT molecular complexity index is 631. The molecule has 0 unspecified atom stereocenters. The maximum atomic E-state index is 11.8. The summed E-state index contributed by atoms with van der Waals surface area (Å²) in [5.74, 6) is 0.794. The summed E-state index contributed by atoms with van der Waals surface area (Å²) in [5, 5.41) is 6.71. The summed E-state index contributed by atoms with van der Waals surface area (Å²) >= 11 is 1.52. The van der Waals surface area contributed by atoms with Crippen LogP contribution in [0.4, 0.5) is 5.13 Å². The monoisotopic (exact) mass is 307 g/mol. The van der Waals surface area contributed by atoms with Crippen molar-refractivity contribution in [1.29, 1.82) is 0 Å². The van der Waals surface area contributed by atoms with Crippen molar-refractivity contribution < 1.29 is 9.53 Å². The van der Waals surface area contributed by atoms with Crippen LogP contribution in [0, 0.1) is 0 Å². The minimum atomic E-state index is -0.223. The number of nitrogens with zero attached hydrogens (tertiary/aromatic N) is 1. The Morgan fingerprint density at radius 1 is 1.38 bits per heavy atom. The van der Waals surface area contributed by atoms with Gasteiger partial charge in [-0.3, -0.25) is 4.79 Å².